The van der Waals surface area contributed by atoms with E-state index in [0.717, 1.165) is 27.6 Å². The molecule has 1 aromatic carbocycles. The van der Waals surface area contributed by atoms with Gasteiger partial charge in [0.1, 0.15) is 5.01 Å². The number of non-ortho nitro benzene ring substituents is 1. The smallest absolute Gasteiger partial charge is 0.269 e. The lowest BCUT2D eigenvalue weighted by Gasteiger charge is -2.13. The van der Waals surface area contributed by atoms with Crippen LogP contribution in [0.4, 0.5) is 5.69 Å². The Labute approximate surface area is 141 Å². The van der Waals surface area contributed by atoms with Gasteiger partial charge in [0.2, 0.25) is 0 Å². The van der Waals surface area contributed by atoms with E-state index in [-0.39, 0.29) is 16.7 Å². The molecule has 1 N–H and O–H groups in total. The van der Waals surface area contributed by atoms with Crippen LogP contribution < -0.4 is 5.32 Å². The zero-order valence-electron chi connectivity index (χ0n) is 12.4. The van der Waals surface area contributed by atoms with Crippen LogP contribution in [0.1, 0.15) is 16.6 Å². The molecule has 0 saturated carbocycles. The van der Waals surface area contributed by atoms with E-state index in [9.17, 15) is 10.1 Å². The average molecular weight is 345 g/mol. The SMILES string of the molecule is CNC(Cc1ccc([N+](=O)[O-])cc1)c1nc(-c2cccs2)cs1. The van der Waals surface area contributed by atoms with E-state index in [0.29, 0.717) is 0 Å². The topological polar surface area (TPSA) is 68.1 Å². The van der Waals surface area contributed by atoms with Crippen LogP contribution >= 0.6 is 22.7 Å². The van der Waals surface area contributed by atoms with E-state index in [2.05, 4.69) is 16.8 Å². The van der Waals surface area contributed by atoms with Crippen molar-refractivity contribution in [2.45, 2.75) is 12.5 Å². The molecule has 0 aliphatic rings. The number of benzene rings is 1. The maximum Gasteiger partial charge on any atom is 0.269 e. The quantitative estimate of drug-likeness (QED) is 0.535. The molecule has 5 nitrogen and oxygen atoms in total. The first-order valence-electron chi connectivity index (χ1n) is 7.07. The van der Waals surface area contributed by atoms with Gasteiger partial charge in [0.05, 0.1) is 21.5 Å². The van der Waals surface area contributed by atoms with Crippen molar-refractivity contribution in [1.82, 2.24) is 10.3 Å². The van der Waals surface area contributed by atoms with Crippen molar-refractivity contribution in [2.24, 2.45) is 0 Å². The van der Waals surface area contributed by atoms with E-state index in [1.807, 2.05) is 18.5 Å². The van der Waals surface area contributed by atoms with Gasteiger partial charge in [-0.05, 0) is 30.5 Å². The number of nitrogens with zero attached hydrogens (tertiary/aromatic N) is 2. The summed E-state index contributed by atoms with van der Waals surface area (Å²) in [4.78, 5) is 16.2. The number of nitro groups is 1. The summed E-state index contributed by atoms with van der Waals surface area (Å²) in [5, 5.41) is 19.1. The molecule has 1 atom stereocenters. The molecule has 23 heavy (non-hydrogen) atoms. The van der Waals surface area contributed by atoms with Gasteiger partial charge in [-0.2, -0.15) is 0 Å². The van der Waals surface area contributed by atoms with Crippen molar-refractivity contribution in [3.63, 3.8) is 0 Å². The summed E-state index contributed by atoms with van der Waals surface area (Å²) >= 11 is 3.31. The molecule has 0 saturated heterocycles. The molecule has 0 bridgehead atoms. The number of hydrogen-bond donors (Lipinski definition) is 1. The van der Waals surface area contributed by atoms with Crippen molar-refractivity contribution in [3.8, 4) is 10.6 Å². The molecule has 1 unspecified atom stereocenters. The van der Waals surface area contributed by atoms with Crippen LogP contribution in [0.15, 0.2) is 47.2 Å². The number of likely N-dealkylation sites (N-methyl/N-ethyl adjacent to an activating group) is 1. The van der Waals surface area contributed by atoms with E-state index in [4.69, 9.17) is 4.98 Å². The summed E-state index contributed by atoms with van der Waals surface area (Å²) in [6.45, 7) is 0. The number of nitrogens with one attached hydrogen (secondary N) is 1. The van der Waals surface area contributed by atoms with E-state index in [1.165, 1.54) is 0 Å². The lowest BCUT2D eigenvalue weighted by Crippen LogP contribution is -2.18. The number of thiophene rings is 1. The van der Waals surface area contributed by atoms with Crippen molar-refractivity contribution in [3.05, 3.63) is 67.8 Å². The van der Waals surface area contributed by atoms with Gasteiger partial charge in [-0.1, -0.05) is 18.2 Å². The molecule has 0 aliphatic carbocycles. The Hall–Kier alpha value is -2.09. The fourth-order valence-corrected chi connectivity index (χ4v) is 3.98. The zero-order valence-corrected chi connectivity index (χ0v) is 14.1. The van der Waals surface area contributed by atoms with Gasteiger partial charge in [0, 0.05) is 17.5 Å². The van der Waals surface area contributed by atoms with Gasteiger partial charge in [-0.15, -0.1) is 22.7 Å². The summed E-state index contributed by atoms with van der Waals surface area (Å²) in [5.41, 5.74) is 2.16. The second-order valence-electron chi connectivity index (χ2n) is 5.02. The Morgan fingerprint density at radius 3 is 2.65 bits per heavy atom. The normalized spacial score (nSPS) is 12.2. The molecule has 0 spiro atoms. The number of nitro benzene ring substituents is 1. The zero-order chi connectivity index (χ0) is 16.2. The molecule has 2 aromatic heterocycles. The average Bonchev–Trinajstić information content (AvgIpc) is 3.24. The minimum absolute atomic E-state index is 0.0927. The van der Waals surface area contributed by atoms with Crippen molar-refractivity contribution in [2.75, 3.05) is 7.05 Å². The molecule has 3 rings (SSSR count). The molecular weight excluding hydrogens is 330 g/mol. The molecule has 0 aliphatic heterocycles. The molecule has 0 radical (unpaired) electrons. The highest BCUT2D eigenvalue weighted by atomic mass is 32.1. The number of aromatic nitrogens is 1. The largest absolute Gasteiger partial charge is 0.311 e. The van der Waals surface area contributed by atoms with Gasteiger partial charge < -0.3 is 5.32 Å². The van der Waals surface area contributed by atoms with Gasteiger partial charge >= 0.3 is 0 Å². The minimum Gasteiger partial charge on any atom is -0.311 e. The van der Waals surface area contributed by atoms with Crippen LogP contribution in [0, 0.1) is 10.1 Å². The van der Waals surface area contributed by atoms with Gasteiger partial charge in [-0.25, -0.2) is 4.98 Å². The standard InChI is InChI=1S/C16H15N3O2S2/c1-17-13(9-11-4-6-12(7-5-11)19(20)21)16-18-14(10-23-16)15-3-2-8-22-15/h2-8,10,13,17H,9H2,1H3. The highest BCUT2D eigenvalue weighted by Gasteiger charge is 2.16. The summed E-state index contributed by atoms with van der Waals surface area (Å²) < 4.78 is 0. The minimum atomic E-state index is -0.381. The Morgan fingerprint density at radius 2 is 2.04 bits per heavy atom. The fraction of sp³-hybridized carbons (Fsp3) is 0.188. The first kappa shape index (κ1) is 15.8. The van der Waals surface area contributed by atoms with Crippen molar-refractivity contribution >= 4 is 28.4 Å². The van der Waals surface area contributed by atoms with Crippen LogP contribution in [-0.2, 0) is 6.42 Å². The second-order valence-corrected chi connectivity index (χ2v) is 6.85. The van der Waals surface area contributed by atoms with Crippen LogP contribution in [0.5, 0.6) is 0 Å². The summed E-state index contributed by atoms with van der Waals surface area (Å²) in [7, 11) is 1.91. The number of hydrogen-bond acceptors (Lipinski definition) is 6. The van der Waals surface area contributed by atoms with Crippen LogP contribution in [0.2, 0.25) is 0 Å². The third kappa shape index (κ3) is 3.64. The predicted octanol–water partition coefficient (Wildman–Crippen LogP) is 4.28. The second kappa shape index (κ2) is 6.99. The highest BCUT2D eigenvalue weighted by molar-refractivity contribution is 7.14. The maximum absolute atomic E-state index is 10.7. The van der Waals surface area contributed by atoms with Crippen LogP contribution in [0.25, 0.3) is 10.6 Å². The Kier molecular flexibility index (Phi) is 4.80. The van der Waals surface area contributed by atoms with Crippen LogP contribution in [0.3, 0.4) is 0 Å². The fourth-order valence-electron chi connectivity index (χ4n) is 2.29. The van der Waals surface area contributed by atoms with Gasteiger partial charge in [0.15, 0.2) is 0 Å². The predicted molar refractivity (Wildman–Crippen MR) is 94.0 cm³/mol. The Bertz CT molecular complexity index is 782. The van der Waals surface area contributed by atoms with E-state index in [1.54, 1.807) is 46.9 Å². The number of rotatable bonds is 6. The molecule has 118 valence electrons. The highest BCUT2D eigenvalue weighted by Crippen LogP contribution is 2.30. The number of thiazole rings is 1. The van der Waals surface area contributed by atoms with Crippen LogP contribution in [-0.4, -0.2) is 17.0 Å². The van der Waals surface area contributed by atoms with Gasteiger partial charge in [-0.3, -0.25) is 10.1 Å². The van der Waals surface area contributed by atoms with Crippen molar-refractivity contribution < 1.29 is 4.92 Å². The molecule has 0 fully saturated rings. The van der Waals surface area contributed by atoms with Gasteiger partial charge in [0.25, 0.3) is 5.69 Å². The van der Waals surface area contributed by atoms with E-state index >= 15 is 0 Å². The first-order valence-corrected chi connectivity index (χ1v) is 8.83. The van der Waals surface area contributed by atoms with Crippen molar-refractivity contribution in [1.29, 1.82) is 0 Å². The first-order chi connectivity index (χ1) is 11.2. The molecule has 0 amide bonds. The molecule has 7 heteroatoms. The van der Waals surface area contributed by atoms with E-state index < -0.39 is 0 Å². The third-order valence-corrected chi connectivity index (χ3v) is 5.38. The Morgan fingerprint density at radius 1 is 1.26 bits per heavy atom. The lowest BCUT2D eigenvalue weighted by atomic mass is 10.1. The summed E-state index contributed by atoms with van der Waals surface area (Å²) in [6.07, 6.45) is 0.742. The summed E-state index contributed by atoms with van der Waals surface area (Å²) in [5.74, 6) is 0. The third-order valence-electron chi connectivity index (χ3n) is 3.53. The Balaban J connectivity index is 1.76. The molecule has 3 aromatic rings. The molecular formula is C16H15N3O2S2. The maximum atomic E-state index is 10.7. The molecule has 2 heterocycles. The monoisotopic (exact) mass is 345 g/mol. The summed E-state index contributed by atoms with van der Waals surface area (Å²) in [6, 6.07) is 10.9. The lowest BCUT2D eigenvalue weighted by molar-refractivity contribution is -0.384.